The van der Waals surface area contributed by atoms with E-state index in [0.29, 0.717) is 6.42 Å². The smallest absolute Gasteiger partial charge is 0.408 e. The van der Waals surface area contributed by atoms with Crippen LogP contribution in [0.25, 0.3) is 0 Å². The number of carbonyl (C=O) groups excluding carboxylic acids is 1. The maximum atomic E-state index is 13.8. The third-order valence-electron chi connectivity index (χ3n) is 3.69. The Kier molecular flexibility index (Phi) is 6.99. The number of halogens is 1. The predicted octanol–water partition coefficient (Wildman–Crippen LogP) is 3.79. The monoisotopic (exact) mass is 427 g/mol. The van der Waals surface area contributed by atoms with Gasteiger partial charge in [0.1, 0.15) is 17.5 Å². The third kappa shape index (κ3) is 6.81. The second kappa shape index (κ2) is 8.89. The molecule has 1 aromatic heterocycles. The molecule has 1 amide bonds. The Morgan fingerprint density at radius 1 is 1.24 bits per heavy atom. The van der Waals surface area contributed by atoms with Crippen LogP contribution in [0.15, 0.2) is 33.9 Å². The van der Waals surface area contributed by atoms with E-state index in [9.17, 15) is 17.6 Å². The summed E-state index contributed by atoms with van der Waals surface area (Å²) in [4.78, 5) is 12.1. The molecule has 0 spiro atoms. The summed E-state index contributed by atoms with van der Waals surface area (Å²) in [5, 5.41) is 9.40. The van der Waals surface area contributed by atoms with Crippen molar-refractivity contribution in [1.29, 1.82) is 0 Å². The highest BCUT2D eigenvalue weighted by Crippen LogP contribution is 2.24. The Hall–Kier alpha value is -2.49. The quantitative estimate of drug-likeness (QED) is 0.715. The van der Waals surface area contributed by atoms with E-state index in [2.05, 4.69) is 15.5 Å². The van der Waals surface area contributed by atoms with E-state index < -0.39 is 44.4 Å². The molecule has 2 rings (SSSR count). The largest absolute Gasteiger partial charge is 0.444 e. The molecule has 10 heteroatoms. The first-order chi connectivity index (χ1) is 13.4. The van der Waals surface area contributed by atoms with Crippen LogP contribution in [-0.2, 0) is 20.3 Å². The number of nitrogens with one attached hydrogen (secondary N) is 1. The maximum absolute atomic E-state index is 13.8. The molecule has 0 saturated carbocycles. The topological polar surface area (TPSA) is 111 Å². The van der Waals surface area contributed by atoms with Crippen molar-refractivity contribution in [2.24, 2.45) is 5.92 Å². The van der Waals surface area contributed by atoms with Crippen LogP contribution in [-0.4, -0.2) is 30.3 Å². The zero-order valence-corrected chi connectivity index (χ0v) is 17.9. The van der Waals surface area contributed by atoms with E-state index in [0.717, 1.165) is 0 Å². The number of nitrogens with zero attached hydrogens (tertiary/aromatic N) is 2. The van der Waals surface area contributed by atoms with Crippen LogP contribution in [0.5, 0.6) is 0 Å². The SMILES string of the molecule is CC(C)C[C@H](NC(=O)OC(C)(C)C)c1nnc(S(=O)(=O)Cc2ccccc2F)o1. The number of hydrogen-bond donors (Lipinski definition) is 1. The van der Waals surface area contributed by atoms with Gasteiger partial charge in [0.15, 0.2) is 0 Å². The molecule has 0 fully saturated rings. The minimum Gasteiger partial charge on any atom is -0.444 e. The molecule has 29 heavy (non-hydrogen) atoms. The van der Waals surface area contributed by atoms with Gasteiger partial charge >= 0.3 is 11.3 Å². The summed E-state index contributed by atoms with van der Waals surface area (Å²) in [6, 6.07) is 4.82. The lowest BCUT2D eigenvalue weighted by Crippen LogP contribution is -2.35. The van der Waals surface area contributed by atoms with Gasteiger partial charge < -0.3 is 14.5 Å². The molecular weight excluding hydrogens is 401 g/mol. The highest BCUT2D eigenvalue weighted by molar-refractivity contribution is 7.90. The van der Waals surface area contributed by atoms with Crippen LogP contribution >= 0.6 is 0 Å². The molecule has 0 aliphatic rings. The summed E-state index contributed by atoms with van der Waals surface area (Å²) in [5.41, 5.74) is -0.701. The van der Waals surface area contributed by atoms with Gasteiger partial charge in [0.25, 0.3) is 0 Å². The molecule has 1 N–H and O–H groups in total. The lowest BCUT2D eigenvalue weighted by atomic mass is 10.0. The number of amides is 1. The first-order valence-corrected chi connectivity index (χ1v) is 10.8. The molecule has 0 saturated heterocycles. The number of sulfone groups is 1. The van der Waals surface area contributed by atoms with Gasteiger partial charge in [-0.3, -0.25) is 0 Å². The van der Waals surface area contributed by atoms with E-state index in [1.807, 2.05) is 13.8 Å². The number of rotatable bonds is 7. The van der Waals surface area contributed by atoms with Crippen LogP contribution in [0.3, 0.4) is 0 Å². The van der Waals surface area contributed by atoms with Crippen LogP contribution in [0.2, 0.25) is 0 Å². The van der Waals surface area contributed by atoms with Gasteiger partial charge in [0, 0.05) is 5.56 Å². The number of ether oxygens (including phenoxy) is 1. The molecule has 2 aromatic rings. The Morgan fingerprint density at radius 3 is 2.48 bits per heavy atom. The molecule has 0 radical (unpaired) electrons. The molecule has 1 aromatic carbocycles. The van der Waals surface area contributed by atoms with E-state index in [-0.39, 0.29) is 17.4 Å². The first-order valence-electron chi connectivity index (χ1n) is 9.16. The van der Waals surface area contributed by atoms with Crippen molar-refractivity contribution in [1.82, 2.24) is 15.5 Å². The van der Waals surface area contributed by atoms with Gasteiger partial charge in [-0.25, -0.2) is 17.6 Å². The van der Waals surface area contributed by atoms with Gasteiger partial charge in [-0.1, -0.05) is 37.1 Å². The molecule has 0 aliphatic carbocycles. The Bertz CT molecular complexity index is 951. The summed E-state index contributed by atoms with van der Waals surface area (Å²) >= 11 is 0. The Balaban J connectivity index is 2.23. The van der Waals surface area contributed by atoms with E-state index in [1.54, 1.807) is 20.8 Å². The van der Waals surface area contributed by atoms with Crippen molar-refractivity contribution in [3.05, 3.63) is 41.5 Å². The van der Waals surface area contributed by atoms with E-state index >= 15 is 0 Å². The minimum absolute atomic E-state index is 0.00198. The lowest BCUT2D eigenvalue weighted by Gasteiger charge is -2.22. The predicted molar refractivity (Wildman–Crippen MR) is 103 cm³/mol. The fourth-order valence-corrected chi connectivity index (χ4v) is 3.66. The van der Waals surface area contributed by atoms with Crippen LogP contribution < -0.4 is 5.32 Å². The molecule has 0 bridgehead atoms. The minimum atomic E-state index is -4.06. The average molecular weight is 427 g/mol. The van der Waals surface area contributed by atoms with Gasteiger partial charge in [-0.15, -0.1) is 5.10 Å². The number of carbonyl (C=O) groups is 1. The van der Waals surface area contributed by atoms with Gasteiger partial charge in [0.2, 0.25) is 15.7 Å². The second-order valence-electron chi connectivity index (χ2n) is 8.09. The number of alkyl carbamates (subject to hydrolysis) is 1. The molecule has 0 aliphatic heterocycles. The number of aromatic nitrogens is 2. The van der Waals surface area contributed by atoms with E-state index in [1.165, 1.54) is 24.3 Å². The summed E-state index contributed by atoms with van der Waals surface area (Å²) in [6.07, 6.45) is -0.258. The van der Waals surface area contributed by atoms with E-state index in [4.69, 9.17) is 9.15 Å². The van der Waals surface area contributed by atoms with Gasteiger partial charge in [-0.05, 0) is 39.2 Å². The van der Waals surface area contributed by atoms with Crippen molar-refractivity contribution in [3.8, 4) is 0 Å². The van der Waals surface area contributed by atoms with Gasteiger partial charge in [-0.2, -0.15) is 0 Å². The summed E-state index contributed by atoms with van der Waals surface area (Å²) < 4.78 is 49.5. The van der Waals surface area contributed by atoms with Crippen molar-refractivity contribution >= 4 is 15.9 Å². The van der Waals surface area contributed by atoms with Crippen LogP contribution in [0, 0.1) is 11.7 Å². The zero-order valence-electron chi connectivity index (χ0n) is 17.1. The van der Waals surface area contributed by atoms with Crippen molar-refractivity contribution < 1.29 is 26.8 Å². The lowest BCUT2D eigenvalue weighted by molar-refractivity contribution is 0.0487. The Labute approximate surface area is 169 Å². The molecule has 160 valence electrons. The van der Waals surface area contributed by atoms with Crippen molar-refractivity contribution in [2.45, 2.75) is 63.7 Å². The zero-order chi connectivity index (χ0) is 21.8. The highest BCUT2D eigenvalue weighted by Gasteiger charge is 2.29. The molecule has 8 nitrogen and oxygen atoms in total. The molecule has 1 atom stereocenters. The summed E-state index contributed by atoms with van der Waals surface area (Å²) in [6.45, 7) is 9.03. The summed E-state index contributed by atoms with van der Waals surface area (Å²) in [5.74, 6) is -1.17. The normalized spacial score (nSPS) is 13.3. The summed E-state index contributed by atoms with van der Waals surface area (Å²) in [7, 11) is -4.06. The average Bonchev–Trinajstić information content (AvgIpc) is 3.05. The van der Waals surface area contributed by atoms with Crippen molar-refractivity contribution in [3.63, 3.8) is 0 Å². The van der Waals surface area contributed by atoms with Gasteiger partial charge in [0.05, 0.1) is 5.75 Å². The molecule has 1 heterocycles. The first kappa shape index (κ1) is 22.8. The second-order valence-corrected chi connectivity index (χ2v) is 9.95. The molecule has 0 unspecified atom stereocenters. The van der Waals surface area contributed by atoms with Crippen LogP contribution in [0.1, 0.15) is 58.5 Å². The Morgan fingerprint density at radius 2 is 1.90 bits per heavy atom. The number of benzene rings is 1. The standard InChI is InChI=1S/C19H26FN3O5S/c1-12(2)10-15(21-17(24)28-19(3,4)5)16-22-23-18(27-16)29(25,26)11-13-8-6-7-9-14(13)20/h6-9,12,15H,10-11H2,1-5H3,(H,21,24)/t15-/m0/s1. The maximum Gasteiger partial charge on any atom is 0.408 e. The highest BCUT2D eigenvalue weighted by atomic mass is 32.2. The fourth-order valence-electron chi connectivity index (χ4n) is 2.51. The van der Waals surface area contributed by atoms with Crippen LogP contribution in [0.4, 0.5) is 9.18 Å². The molecular formula is C19H26FN3O5S. The number of hydrogen-bond acceptors (Lipinski definition) is 7. The van der Waals surface area contributed by atoms with Crippen molar-refractivity contribution in [2.75, 3.05) is 0 Å². The fraction of sp³-hybridized carbons (Fsp3) is 0.526. The third-order valence-corrected chi connectivity index (χ3v) is 5.08.